The van der Waals surface area contributed by atoms with E-state index in [0.717, 1.165) is 16.7 Å². The second-order valence-corrected chi connectivity index (χ2v) is 7.15. The first-order valence-electron chi connectivity index (χ1n) is 8.24. The van der Waals surface area contributed by atoms with E-state index in [0.29, 0.717) is 0 Å². The van der Waals surface area contributed by atoms with Gasteiger partial charge in [0.25, 0.3) is 5.91 Å². The molecule has 0 saturated heterocycles. The molecule has 1 N–H and O–H groups in total. The highest BCUT2D eigenvalue weighted by Gasteiger charge is 2.25. The number of carbonyl (C=O) groups excluding carboxylic acids is 2. The highest BCUT2D eigenvalue weighted by Crippen LogP contribution is 2.30. The molecule has 126 valence electrons. The third kappa shape index (κ3) is 4.79. The largest absolute Gasteiger partial charge is 0.345 e. The van der Waals surface area contributed by atoms with Crippen molar-refractivity contribution in [2.75, 3.05) is 0 Å². The van der Waals surface area contributed by atoms with E-state index in [4.69, 9.17) is 0 Å². The van der Waals surface area contributed by atoms with Crippen LogP contribution >= 0.6 is 0 Å². The second kappa shape index (κ2) is 7.43. The van der Waals surface area contributed by atoms with Gasteiger partial charge in [0.15, 0.2) is 0 Å². The molecule has 0 aliphatic rings. The molecule has 0 unspecified atom stereocenters. The van der Waals surface area contributed by atoms with Gasteiger partial charge in [-0.25, -0.2) is 0 Å². The van der Waals surface area contributed by atoms with Gasteiger partial charge in [-0.15, -0.1) is 0 Å². The summed E-state index contributed by atoms with van der Waals surface area (Å²) >= 11 is 0. The highest BCUT2D eigenvalue weighted by atomic mass is 16.2. The number of nitrogens with one attached hydrogen (secondary N) is 1. The van der Waals surface area contributed by atoms with E-state index < -0.39 is 11.4 Å². The van der Waals surface area contributed by atoms with Gasteiger partial charge in [-0.2, -0.15) is 0 Å². The molecule has 24 heavy (non-hydrogen) atoms. The summed E-state index contributed by atoms with van der Waals surface area (Å²) in [5, 5.41) is 2.75. The Morgan fingerprint density at radius 3 is 2.12 bits per heavy atom. The zero-order valence-electron chi connectivity index (χ0n) is 14.8. The van der Waals surface area contributed by atoms with Crippen molar-refractivity contribution in [3.8, 4) is 0 Å². The van der Waals surface area contributed by atoms with Crippen molar-refractivity contribution in [3.05, 3.63) is 71.3 Å². The molecule has 0 aliphatic heterocycles. The van der Waals surface area contributed by atoms with E-state index in [1.807, 2.05) is 82.3 Å². The lowest BCUT2D eigenvalue weighted by molar-refractivity contribution is -0.139. The molecule has 0 spiro atoms. The molecular formula is C21H25NO2. The van der Waals surface area contributed by atoms with Crippen molar-refractivity contribution in [1.29, 1.82) is 0 Å². The Morgan fingerprint density at radius 2 is 1.54 bits per heavy atom. The number of hydrogen-bond acceptors (Lipinski definition) is 2. The quantitative estimate of drug-likeness (QED) is 0.845. The first kappa shape index (κ1) is 17.9. The van der Waals surface area contributed by atoms with Gasteiger partial charge < -0.3 is 5.32 Å². The number of benzene rings is 2. The monoisotopic (exact) mass is 323 g/mol. The van der Waals surface area contributed by atoms with Crippen LogP contribution in [0.1, 0.15) is 49.8 Å². The van der Waals surface area contributed by atoms with E-state index in [1.54, 1.807) is 0 Å². The van der Waals surface area contributed by atoms with Gasteiger partial charge in [0, 0.05) is 17.9 Å². The molecule has 3 heteroatoms. The predicted octanol–water partition coefficient (Wildman–Crippen LogP) is 4.00. The summed E-state index contributed by atoms with van der Waals surface area (Å²) < 4.78 is 0. The maximum Gasteiger partial charge on any atom is 0.287 e. The zero-order valence-corrected chi connectivity index (χ0v) is 14.8. The van der Waals surface area contributed by atoms with Crippen molar-refractivity contribution in [2.45, 2.75) is 45.6 Å². The summed E-state index contributed by atoms with van der Waals surface area (Å²) in [7, 11) is 0. The first-order valence-corrected chi connectivity index (χ1v) is 8.24. The molecular weight excluding hydrogens is 298 g/mol. The van der Waals surface area contributed by atoms with Gasteiger partial charge in [0.1, 0.15) is 0 Å². The molecule has 0 aromatic heterocycles. The van der Waals surface area contributed by atoms with Crippen LogP contribution in [-0.4, -0.2) is 17.2 Å². The fourth-order valence-electron chi connectivity index (χ4n) is 2.76. The van der Waals surface area contributed by atoms with E-state index in [-0.39, 0.29) is 18.1 Å². The minimum atomic E-state index is -0.517. The predicted molar refractivity (Wildman–Crippen MR) is 97.0 cm³/mol. The fraction of sp³-hybridized carbons (Fsp3) is 0.333. The molecule has 0 fully saturated rings. The average molecular weight is 323 g/mol. The van der Waals surface area contributed by atoms with Gasteiger partial charge in [-0.1, -0.05) is 54.6 Å². The Labute approximate surface area is 144 Å². The number of Topliss-reactive ketones (excluding diaryl/α,β-unsaturated/α-hetero) is 1. The van der Waals surface area contributed by atoms with Crippen LogP contribution in [-0.2, 0) is 9.59 Å². The van der Waals surface area contributed by atoms with Crippen LogP contribution in [0.5, 0.6) is 0 Å². The SMILES string of the molecule is Cc1ccccc1[C@H](CC(=O)C(=O)NC(C)(C)C)c1ccccc1. The van der Waals surface area contributed by atoms with Gasteiger partial charge in [0.05, 0.1) is 0 Å². The first-order chi connectivity index (χ1) is 11.3. The lowest BCUT2D eigenvalue weighted by atomic mass is 9.84. The van der Waals surface area contributed by atoms with Crippen LogP contribution < -0.4 is 5.32 Å². The normalized spacial score (nSPS) is 12.5. The maximum atomic E-state index is 12.5. The highest BCUT2D eigenvalue weighted by molar-refractivity contribution is 6.36. The van der Waals surface area contributed by atoms with Crippen LogP contribution in [0.15, 0.2) is 54.6 Å². The fourth-order valence-corrected chi connectivity index (χ4v) is 2.76. The lowest BCUT2D eigenvalue weighted by Crippen LogP contribution is -2.44. The van der Waals surface area contributed by atoms with Gasteiger partial charge in [0.2, 0.25) is 5.78 Å². The van der Waals surface area contributed by atoms with Gasteiger partial charge >= 0.3 is 0 Å². The van der Waals surface area contributed by atoms with Crippen LogP contribution in [0.2, 0.25) is 0 Å². The van der Waals surface area contributed by atoms with Crippen molar-refractivity contribution in [1.82, 2.24) is 5.32 Å². The molecule has 3 nitrogen and oxygen atoms in total. The Hall–Kier alpha value is -2.42. The van der Waals surface area contributed by atoms with Crippen LogP contribution in [0, 0.1) is 6.92 Å². The number of amides is 1. The topological polar surface area (TPSA) is 46.2 Å². The molecule has 2 aromatic carbocycles. The second-order valence-electron chi connectivity index (χ2n) is 7.15. The molecule has 0 saturated carbocycles. The molecule has 0 aliphatic carbocycles. The summed E-state index contributed by atoms with van der Waals surface area (Å²) in [4.78, 5) is 24.7. The summed E-state index contributed by atoms with van der Waals surface area (Å²) in [5.41, 5.74) is 2.83. The number of hydrogen-bond donors (Lipinski definition) is 1. The van der Waals surface area contributed by atoms with E-state index in [9.17, 15) is 9.59 Å². The van der Waals surface area contributed by atoms with Crippen molar-refractivity contribution in [2.24, 2.45) is 0 Å². The van der Waals surface area contributed by atoms with E-state index in [2.05, 4.69) is 5.32 Å². The molecule has 0 radical (unpaired) electrons. The minimum Gasteiger partial charge on any atom is -0.345 e. The number of aryl methyl sites for hydroxylation is 1. The maximum absolute atomic E-state index is 12.5. The minimum absolute atomic E-state index is 0.120. The van der Waals surface area contributed by atoms with Gasteiger partial charge in [-0.3, -0.25) is 9.59 Å². The van der Waals surface area contributed by atoms with E-state index >= 15 is 0 Å². The number of rotatable bonds is 5. The summed E-state index contributed by atoms with van der Waals surface area (Å²) in [6.07, 6.45) is 0.163. The molecule has 0 heterocycles. The smallest absolute Gasteiger partial charge is 0.287 e. The lowest BCUT2D eigenvalue weighted by Gasteiger charge is -2.22. The summed E-state index contributed by atoms with van der Waals surface area (Å²) in [6, 6.07) is 17.9. The van der Waals surface area contributed by atoms with Crippen molar-refractivity contribution >= 4 is 11.7 Å². The Morgan fingerprint density at radius 1 is 0.958 bits per heavy atom. The van der Waals surface area contributed by atoms with Gasteiger partial charge in [-0.05, 0) is 44.4 Å². The Bertz CT molecular complexity index is 714. The summed E-state index contributed by atoms with van der Waals surface area (Å²) in [6.45, 7) is 7.64. The van der Waals surface area contributed by atoms with Crippen LogP contribution in [0.3, 0.4) is 0 Å². The molecule has 1 amide bonds. The molecule has 2 aromatic rings. The third-order valence-corrected chi connectivity index (χ3v) is 3.90. The third-order valence-electron chi connectivity index (χ3n) is 3.90. The average Bonchev–Trinajstić information content (AvgIpc) is 2.52. The number of ketones is 1. The Balaban J connectivity index is 2.30. The zero-order chi connectivity index (χ0) is 17.7. The molecule has 1 atom stereocenters. The van der Waals surface area contributed by atoms with Crippen LogP contribution in [0.25, 0.3) is 0 Å². The summed E-state index contributed by atoms with van der Waals surface area (Å²) in [5.74, 6) is -1.02. The van der Waals surface area contributed by atoms with Crippen LogP contribution in [0.4, 0.5) is 0 Å². The molecule has 2 rings (SSSR count). The Kier molecular flexibility index (Phi) is 5.55. The van der Waals surface area contributed by atoms with E-state index in [1.165, 1.54) is 0 Å². The van der Waals surface area contributed by atoms with Crippen molar-refractivity contribution in [3.63, 3.8) is 0 Å². The molecule has 0 bridgehead atoms. The standard InChI is InChI=1S/C21H25NO2/c1-15-10-8-9-13-17(15)18(16-11-6-5-7-12-16)14-19(23)20(24)22-21(2,3)4/h5-13,18H,14H2,1-4H3,(H,22,24)/t18-/m1/s1. The van der Waals surface area contributed by atoms with Crippen molar-refractivity contribution < 1.29 is 9.59 Å². The number of carbonyl (C=O) groups is 2.